The molecule has 0 saturated heterocycles. The third-order valence-electron chi connectivity index (χ3n) is 2.70. The van der Waals surface area contributed by atoms with Crippen LogP contribution in [0.1, 0.15) is 5.89 Å². The van der Waals surface area contributed by atoms with Gasteiger partial charge in [0.25, 0.3) is 5.03 Å². The molecule has 1 aromatic carbocycles. The Morgan fingerprint density at radius 3 is 2.76 bits per heavy atom. The molecule has 2 heterocycles. The standard InChI is InChI=1S/C14H10ClN3O2S/c15-11-6-2-1-5-10(11)14-17-16-12(20-14)9-21-13-7-3-4-8-18(13)19/h1-8H,9H2. The van der Waals surface area contributed by atoms with E-state index in [1.165, 1.54) is 18.0 Å². The number of nitrogens with zero attached hydrogens (tertiary/aromatic N) is 3. The molecule has 106 valence electrons. The smallest absolute Gasteiger partial charge is 0.251 e. The van der Waals surface area contributed by atoms with Crippen molar-refractivity contribution in [3.63, 3.8) is 0 Å². The number of thioether (sulfide) groups is 1. The molecular formula is C14H10ClN3O2S. The highest BCUT2D eigenvalue weighted by molar-refractivity contribution is 7.98. The van der Waals surface area contributed by atoms with Crippen molar-refractivity contribution in [3.8, 4) is 11.5 Å². The molecule has 2 aromatic heterocycles. The summed E-state index contributed by atoms with van der Waals surface area (Å²) < 4.78 is 6.37. The van der Waals surface area contributed by atoms with Gasteiger partial charge < -0.3 is 9.62 Å². The van der Waals surface area contributed by atoms with Crippen molar-refractivity contribution in [1.82, 2.24) is 10.2 Å². The zero-order valence-electron chi connectivity index (χ0n) is 10.8. The summed E-state index contributed by atoms with van der Waals surface area (Å²) in [6.07, 6.45) is 1.45. The zero-order valence-corrected chi connectivity index (χ0v) is 12.3. The van der Waals surface area contributed by atoms with Crippen LogP contribution in [-0.2, 0) is 5.75 Å². The maximum Gasteiger partial charge on any atom is 0.251 e. The number of aromatic nitrogens is 3. The highest BCUT2D eigenvalue weighted by atomic mass is 35.5. The average Bonchev–Trinajstić information content (AvgIpc) is 2.96. The summed E-state index contributed by atoms with van der Waals surface area (Å²) in [5, 5.41) is 20.6. The van der Waals surface area contributed by atoms with Gasteiger partial charge in [-0.1, -0.05) is 23.7 Å². The first kappa shape index (κ1) is 13.9. The summed E-state index contributed by atoms with van der Waals surface area (Å²) in [5.74, 6) is 1.24. The molecule has 0 spiro atoms. The lowest BCUT2D eigenvalue weighted by Crippen LogP contribution is -2.27. The Balaban J connectivity index is 1.74. The van der Waals surface area contributed by atoms with Crippen LogP contribution in [0.15, 0.2) is 58.1 Å². The molecule has 0 N–H and O–H groups in total. The molecule has 21 heavy (non-hydrogen) atoms. The third kappa shape index (κ3) is 3.17. The molecule has 7 heteroatoms. The molecule has 5 nitrogen and oxygen atoms in total. The number of pyridine rings is 1. The van der Waals surface area contributed by atoms with E-state index in [0.717, 1.165) is 4.73 Å². The van der Waals surface area contributed by atoms with Gasteiger partial charge in [-0.2, -0.15) is 4.73 Å². The molecule has 0 radical (unpaired) electrons. The maximum absolute atomic E-state index is 11.5. The van der Waals surface area contributed by atoms with E-state index in [1.807, 2.05) is 18.2 Å². The normalized spacial score (nSPS) is 10.7. The minimum Gasteiger partial charge on any atom is -0.618 e. The van der Waals surface area contributed by atoms with E-state index in [0.29, 0.717) is 33.1 Å². The van der Waals surface area contributed by atoms with Gasteiger partial charge in [-0.25, -0.2) is 0 Å². The largest absolute Gasteiger partial charge is 0.618 e. The lowest BCUT2D eigenvalue weighted by atomic mass is 10.2. The predicted octanol–water partition coefficient (Wildman–Crippen LogP) is 3.32. The maximum atomic E-state index is 11.5. The SMILES string of the molecule is [O-][n+]1ccccc1SCc1nnc(-c2ccccc2Cl)o1. The molecule has 0 aliphatic rings. The number of hydrogen-bond acceptors (Lipinski definition) is 5. The molecule has 0 amide bonds. The summed E-state index contributed by atoms with van der Waals surface area (Å²) >= 11 is 7.42. The van der Waals surface area contributed by atoms with E-state index in [-0.39, 0.29) is 0 Å². The van der Waals surface area contributed by atoms with Crippen LogP contribution in [-0.4, -0.2) is 10.2 Å². The highest BCUT2D eigenvalue weighted by Crippen LogP contribution is 2.27. The lowest BCUT2D eigenvalue weighted by Gasteiger charge is -2.00. The van der Waals surface area contributed by atoms with Crippen LogP contribution in [0.2, 0.25) is 5.02 Å². The quantitative estimate of drug-likeness (QED) is 0.419. The van der Waals surface area contributed by atoms with Gasteiger partial charge in [-0.15, -0.1) is 10.2 Å². The van der Waals surface area contributed by atoms with Crippen LogP contribution in [0, 0.1) is 5.21 Å². The molecule has 0 bridgehead atoms. The number of rotatable bonds is 4. The summed E-state index contributed by atoms with van der Waals surface area (Å²) in [7, 11) is 0. The van der Waals surface area contributed by atoms with Crippen molar-refractivity contribution in [2.45, 2.75) is 10.8 Å². The minimum atomic E-state index is 0.374. The van der Waals surface area contributed by atoms with E-state index in [2.05, 4.69) is 10.2 Å². The van der Waals surface area contributed by atoms with Crippen LogP contribution in [0.3, 0.4) is 0 Å². The third-order valence-corrected chi connectivity index (χ3v) is 4.04. The highest BCUT2D eigenvalue weighted by Gasteiger charge is 2.13. The summed E-state index contributed by atoms with van der Waals surface area (Å²) in [4.78, 5) is 0. The molecule has 0 aliphatic heterocycles. The molecule has 0 unspecified atom stereocenters. The minimum absolute atomic E-state index is 0.374. The second-order valence-electron chi connectivity index (χ2n) is 4.13. The Morgan fingerprint density at radius 2 is 1.95 bits per heavy atom. The van der Waals surface area contributed by atoms with E-state index in [1.54, 1.807) is 24.3 Å². The summed E-state index contributed by atoms with van der Waals surface area (Å²) in [6.45, 7) is 0. The first-order valence-corrected chi connectivity index (χ1v) is 7.48. The molecule has 3 aromatic rings. The molecule has 0 atom stereocenters. The van der Waals surface area contributed by atoms with Gasteiger partial charge in [-0.3, -0.25) is 0 Å². The Hall–Kier alpha value is -2.05. The number of benzene rings is 1. The van der Waals surface area contributed by atoms with Gasteiger partial charge in [0.15, 0.2) is 6.20 Å². The Labute approximate surface area is 130 Å². The van der Waals surface area contributed by atoms with Gasteiger partial charge in [0.05, 0.1) is 16.3 Å². The lowest BCUT2D eigenvalue weighted by molar-refractivity contribution is -0.645. The van der Waals surface area contributed by atoms with Crippen LogP contribution in [0.25, 0.3) is 11.5 Å². The zero-order chi connectivity index (χ0) is 14.7. The van der Waals surface area contributed by atoms with Crippen LogP contribution in [0.5, 0.6) is 0 Å². The van der Waals surface area contributed by atoms with Gasteiger partial charge in [0.2, 0.25) is 11.8 Å². The van der Waals surface area contributed by atoms with E-state index in [9.17, 15) is 5.21 Å². The van der Waals surface area contributed by atoms with Crippen molar-refractivity contribution in [2.24, 2.45) is 0 Å². The van der Waals surface area contributed by atoms with Crippen molar-refractivity contribution >= 4 is 23.4 Å². The molecular weight excluding hydrogens is 310 g/mol. The van der Waals surface area contributed by atoms with Crippen molar-refractivity contribution in [3.05, 3.63) is 64.8 Å². The summed E-state index contributed by atoms with van der Waals surface area (Å²) in [6, 6.07) is 12.5. The molecule has 0 saturated carbocycles. The first-order valence-electron chi connectivity index (χ1n) is 6.12. The van der Waals surface area contributed by atoms with E-state index >= 15 is 0 Å². The second kappa shape index (κ2) is 6.15. The molecule has 3 rings (SSSR count). The monoisotopic (exact) mass is 319 g/mol. The van der Waals surface area contributed by atoms with Gasteiger partial charge in [-0.05, 0) is 30.0 Å². The average molecular weight is 320 g/mol. The fourth-order valence-electron chi connectivity index (χ4n) is 1.72. The number of halogens is 1. The second-order valence-corrected chi connectivity index (χ2v) is 5.54. The Kier molecular flexibility index (Phi) is 4.08. The fraction of sp³-hybridized carbons (Fsp3) is 0.0714. The first-order chi connectivity index (χ1) is 10.2. The number of hydrogen-bond donors (Lipinski definition) is 0. The Bertz CT molecular complexity index is 763. The fourth-order valence-corrected chi connectivity index (χ4v) is 2.68. The summed E-state index contributed by atoms with van der Waals surface area (Å²) in [5.41, 5.74) is 0.696. The predicted molar refractivity (Wildman–Crippen MR) is 79.7 cm³/mol. The van der Waals surface area contributed by atoms with Gasteiger partial charge in [0.1, 0.15) is 0 Å². The Morgan fingerprint density at radius 1 is 1.14 bits per heavy atom. The topological polar surface area (TPSA) is 65.9 Å². The van der Waals surface area contributed by atoms with Gasteiger partial charge >= 0.3 is 0 Å². The molecule has 0 aliphatic carbocycles. The van der Waals surface area contributed by atoms with Crippen molar-refractivity contribution < 1.29 is 9.15 Å². The van der Waals surface area contributed by atoms with Gasteiger partial charge in [0, 0.05) is 12.1 Å². The van der Waals surface area contributed by atoms with Crippen LogP contribution in [0.4, 0.5) is 0 Å². The molecule has 0 fully saturated rings. The van der Waals surface area contributed by atoms with Crippen molar-refractivity contribution in [2.75, 3.05) is 0 Å². The van der Waals surface area contributed by atoms with E-state index < -0.39 is 0 Å². The van der Waals surface area contributed by atoms with Crippen LogP contribution < -0.4 is 4.73 Å². The van der Waals surface area contributed by atoms with Crippen molar-refractivity contribution in [1.29, 1.82) is 0 Å². The van der Waals surface area contributed by atoms with E-state index in [4.69, 9.17) is 16.0 Å². The van der Waals surface area contributed by atoms with Crippen LogP contribution >= 0.6 is 23.4 Å².